The Hall–Kier alpha value is -0.590. The minimum atomic E-state index is 0.129. The van der Waals surface area contributed by atoms with Crippen molar-refractivity contribution in [2.45, 2.75) is 39.3 Å². The van der Waals surface area contributed by atoms with E-state index in [1.807, 2.05) is 19.2 Å². The van der Waals surface area contributed by atoms with Crippen LogP contribution in [0.4, 0.5) is 0 Å². The number of aryl methyl sites for hydroxylation is 2. The zero-order valence-electron chi connectivity index (χ0n) is 11.9. The van der Waals surface area contributed by atoms with Crippen molar-refractivity contribution < 1.29 is 4.42 Å². The summed E-state index contributed by atoms with van der Waals surface area (Å²) in [6.07, 6.45) is 1.76. The second-order valence-corrected chi connectivity index (χ2v) is 6.14. The second kappa shape index (κ2) is 6.91. The van der Waals surface area contributed by atoms with Gasteiger partial charge in [-0.1, -0.05) is 6.92 Å². The van der Waals surface area contributed by atoms with Crippen molar-refractivity contribution in [2.75, 3.05) is 7.05 Å². The molecule has 110 valence electrons. The van der Waals surface area contributed by atoms with Crippen molar-refractivity contribution in [1.29, 1.82) is 0 Å². The topological polar surface area (TPSA) is 43.0 Å². The first-order chi connectivity index (χ1) is 9.60. The van der Waals surface area contributed by atoms with Crippen LogP contribution in [0, 0.1) is 0 Å². The SMILES string of the molecule is CCc1nn(CC)c(CC(NC)c2ccc(Br)o2)c1Br. The van der Waals surface area contributed by atoms with E-state index in [2.05, 4.69) is 60.8 Å². The minimum absolute atomic E-state index is 0.129. The molecule has 0 aliphatic carbocycles. The zero-order valence-corrected chi connectivity index (χ0v) is 15.1. The predicted molar refractivity (Wildman–Crippen MR) is 86.9 cm³/mol. The molecule has 6 heteroatoms. The summed E-state index contributed by atoms with van der Waals surface area (Å²) in [5, 5.41) is 7.94. The summed E-state index contributed by atoms with van der Waals surface area (Å²) in [7, 11) is 1.95. The van der Waals surface area contributed by atoms with Crippen LogP contribution >= 0.6 is 31.9 Å². The molecule has 1 unspecified atom stereocenters. The number of nitrogens with zero attached hydrogens (tertiary/aromatic N) is 2. The van der Waals surface area contributed by atoms with Gasteiger partial charge in [0.05, 0.1) is 21.9 Å². The molecule has 2 rings (SSSR count). The fourth-order valence-electron chi connectivity index (χ4n) is 2.27. The highest BCUT2D eigenvalue weighted by Gasteiger charge is 2.20. The van der Waals surface area contributed by atoms with Gasteiger partial charge in [0.25, 0.3) is 0 Å². The fraction of sp³-hybridized carbons (Fsp3) is 0.500. The molecule has 2 aromatic heterocycles. The number of furan rings is 1. The van der Waals surface area contributed by atoms with E-state index in [0.29, 0.717) is 0 Å². The Bertz CT molecular complexity index is 577. The third-order valence-corrected chi connectivity index (χ3v) is 4.72. The van der Waals surface area contributed by atoms with Gasteiger partial charge >= 0.3 is 0 Å². The number of hydrogen-bond acceptors (Lipinski definition) is 3. The number of rotatable bonds is 6. The van der Waals surface area contributed by atoms with Crippen LogP contribution in [0.25, 0.3) is 0 Å². The highest BCUT2D eigenvalue weighted by molar-refractivity contribution is 9.10. The molecule has 2 aromatic rings. The van der Waals surface area contributed by atoms with Gasteiger partial charge in [0.15, 0.2) is 4.67 Å². The van der Waals surface area contributed by atoms with Crippen molar-refractivity contribution in [2.24, 2.45) is 0 Å². The number of likely N-dealkylation sites (N-methyl/N-ethyl adjacent to an activating group) is 1. The number of nitrogens with one attached hydrogen (secondary N) is 1. The minimum Gasteiger partial charge on any atom is -0.453 e. The molecule has 0 spiro atoms. The zero-order chi connectivity index (χ0) is 14.7. The Kier molecular flexibility index (Phi) is 5.46. The molecule has 0 amide bonds. The highest BCUT2D eigenvalue weighted by atomic mass is 79.9. The first-order valence-corrected chi connectivity index (χ1v) is 8.35. The maximum atomic E-state index is 5.66. The normalized spacial score (nSPS) is 12.8. The molecule has 0 saturated heterocycles. The van der Waals surface area contributed by atoms with Gasteiger partial charge in [-0.2, -0.15) is 5.10 Å². The van der Waals surface area contributed by atoms with Crippen LogP contribution in [-0.2, 0) is 19.4 Å². The lowest BCUT2D eigenvalue weighted by Crippen LogP contribution is -2.20. The van der Waals surface area contributed by atoms with E-state index >= 15 is 0 Å². The summed E-state index contributed by atoms with van der Waals surface area (Å²) < 4.78 is 9.60. The molecule has 0 radical (unpaired) electrons. The average molecular weight is 405 g/mol. The predicted octanol–water partition coefficient (Wildman–Crippen LogP) is 4.09. The molecule has 0 aliphatic rings. The maximum absolute atomic E-state index is 5.66. The first kappa shape index (κ1) is 15.8. The molecule has 1 atom stereocenters. The summed E-state index contributed by atoms with van der Waals surface area (Å²) in [6.45, 7) is 5.10. The van der Waals surface area contributed by atoms with Crippen molar-refractivity contribution in [3.63, 3.8) is 0 Å². The van der Waals surface area contributed by atoms with E-state index in [4.69, 9.17) is 4.42 Å². The van der Waals surface area contributed by atoms with Gasteiger partial charge in [0.1, 0.15) is 5.76 Å². The quantitative estimate of drug-likeness (QED) is 0.788. The van der Waals surface area contributed by atoms with Gasteiger partial charge in [0.2, 0.25) is 0 Å². The largest absolute Gasteiger partial charge is 0.453 e. The van der Waals surface area contributed by atoms with Crippen LogP contribution < -0.4 is 5.32 Å². The number of aromatic nitrogens is 2. The lowest BCUT2D eigenvalue weighted by molar-refractivity contribution is 0.409. The molecular weight excluding hydrogens is 386 g/mol. The Morgan fingerprint density at radius 1 is 1.35 bits per heavy atom. The average Bonchev–Trinajstić information content (AvgIpc) is 3.00. The summed E-state index contributed by atoms with van der Waals surface area (Å²) in [4.78, 5) is 0. The van der Waals surface area contributed by atoms with Crippen LogP contribution in [0.1, 0.15) is 37.0 Å². The Morgan fingerprint density at radius 2 is 2.10 bits per heavy atom. The highest BCUT2D eigenvalue weighted by Crippen LogP contribution is 2.28. The summed E-state index contributed by atoms with van der Waals surface area (Å²) in [6, 6.07) is 4.04. The maximum Gasteiger partial charge on any atom is 0.169 e. The molecule has 0 aliphatic heterocycles. The third kappa shape index (κ3) is 3.18. The van der Waals surface area contributed by atoms with Gasteiger partial charge in [-0.15, -0.1) is 0 Å². The Balaban J connectivity index is 2.29. The van der Waals surface area contributed by atoms with Crippen LogP contribution in [0.5, 0.6) is 0 Å². The van der Waals surface area contributed by atoms with Crippen LogP contribution in [-0.4, -0.2) is 16.8 Å². The van der Waals surface area contributed by atoms with Crippen molar-refractivity contribution in [3.05, 3.63) is 38.4 Å². The van der Waals surface area contributed by atoms with Crippen molar-refractivity contribution in [1.82, 2.24) is 15.1 Å². The van der Waals surface area contributed by atoms with Crippen LogP contribution in [0.15, 0.2) is 25.7 Å². The Morgan fingerprint density at radius 3 is 2.60 bits per heavy atom. The molecule has 0 aromatic carbocycles. The second-order valence-electron chi connectivity index (χ2n) is 4.56. The summed E-state index contributed by atoms with van der Waals surface area (Å²) in [5.74, 6) is 0.924. The van der Waals surface area contributed by atoms with Gasteiger partial charge in [-0.3, -0.25) is 4.68 Å². The summed E-state index contributed by atoms with van der Waals surface area (Å²) in [5.41, 5.74) is 2.31. The lowest BCUT2D eigenvalue weighted by atomic mass is 10.1. The van der Waals surface area contributed by atoms with E-state index in [9.17, 15) is 0 Å². The molecule has 0 bridgehead atoms. The van der Waals surface area contributed by atoms with Gasteiger partial charge < -0.3 is 9.73 Å². The van der Waals surface area contributed by atoms with Crippen molar-refractivity contribution in [3.8, 4) is 0 Å². The monoisotopic (exact) mass is 403 g/mol. The molecule has 20 heavy (non-hydrogen) atoms. The standard InChI is InChI=1S/C14H19Br2N3O/c1-4-9-14(16)11(19(5-2)18-9)8-10(17-3)12-6-7-13(15)20-12/h6-7,10,17H,4-5,8H2,1-3H3. The molecular formula is C14H19Br2N3O. The van der Waals surface area contributed by atoms with E-state index in [-0.39, 0.29) is 6.04 Å². The molecule has 0 fully saturated rings. The molecule has 1 N–H and O–H groups in total. The molecule has 4 nitrogen and oxygen atoms in total. The number of halogens is 2. The molecule has 0 saturated carbocycles. The Labute approximate surface area is 136 Å². The van der Waals surface area contributed by atoms with Crippen LogP contribution in [0.2, 0.25) is 0 Å². The first-order valence-electron chi connectivity index (χ1n) is 6.77. The smallest absolute Gasteiger partial charge is 0.169 e. The summed E-state index contributed by atoms with van der Waals surface area (Å²) >= 11 is 7.04. The van der Waals surface area contributed by atoms with E-state index in [1.54, 1.807) is 0 Å². The van der Waals surface area contributed by atoms with Gasteiger partial charge in [0, 0.05) is 13.0 Å². The van der Waals surface area contributed by atoms with Gasteiger partial charge in [-0.25, -0.2) is 0 Å². The fourth-order valence-corrected chi connectivity index (χ4v) is 3.31. The van der Waals surface area contributed by atoms with Crippen LogP contribution in [0.3, 0.4) is 0 Å². The van der Waals surface area contributed by atoms with E-state index in [0.717, 1.165) is 40.0 Å². The van der Waals surface area contributed by atoms with Gasteiger partial charge in [-0.05, 0) is 64.4 Å². The lowest BCUT2D eigenvalue weighted by Gasteiger charge is -2.15. The third-order valence-electron chi connectivity index (χ3n) is 3.38. The van der Waals surface area contributed by atoms with E-state index < -0.39 is 0 Å². The van der Waals surface area contributed by atoms with E-state index in [1.165, 1.54) is 5.69 Å². The molecule has 2 heterocycles. The number of hydrogen-bond donors (Lipinski definition) is 1. The van der Waals surface area contributed by atoms with Crippen molar-refractivity contribution >= 4 is 31.9 Å².